The van der Waals surface area contributed by atoms with E-state index in [1.807, 2.05) is 0 Å². The zero-order valence-corrected chi connectivity index (χ0v) is 10.2. The van der Waals surface area contributed by atoms with Crippen LogP contribution in [0.1, 0.15) is 12.8 Å². The Balaban J connectivity index is 3.46. The first-order chi connectivity index (χ1) is 8.60. The SMILES string of the molecule is C=CC(=O)OCCNC(=O)CCNC(=O)CCN. The van der Waals surface area contributed by atoms with Crippen molar-refractivity contribution in [3.63, 3.8) is 0 Å². The van der Waals surface area contributed by atoms with Crippen molar-refractivity contribution < 1.29 is 19.1 Å². The maximum atomic E-state index is 11.2. The van der Waals surface area contributed by atoms with Crippen LogP contribution in [0.15, 0.2) is 12.7 Å². The smallest absolute Gasteiger partial charge is 0.330 e. The fourth-order valence-electron chi connectivity index (χ4n) is 1.02. The first kappa shape index (κ1) is 16.1. The molecule has 0 bridgehead atoms. The maximum Gasteiger partial charge on any atom is 0.330 e. The van der Waals surface area contributed by atoms with Gasteiger partial charge in [0.1, 0.15) is 6.61 Å². The molecule has 0 saturated heterocycles. The lowest BCUT2D eigenvalue weighted by atomic mass is 10.3. The fourth-order valence-corrected chi connectivity index (χ4v) is 1.02. The van der Waals surface area contributed by atoms with E-state index in [4.69, 9.17) is 5.73 Å². The summed E-state index contributed by atoms with van der Waals surface area (Å²) in [6, 6.07) is 0. The number of amides is 2. The summed E-state index contributed by atoms with van der Waals surface area (Å²) < 4.78 is 4.66. The maximum absolute atomic E-state index is 11.2. The van der Waals surface area contributed by atoms with Crippen LogP contribution in [-0.2, 0) is 19.1 Å². The molecule has 0 rings (SSSR count). The number of hydrogen-bond acceptors (Lipinski definition) is 5. The zero-order valence-electron chi connectivity index (χ0n) is 10.2. The summed E-state index contributed by atoms with van der Waals surface area (Å²) in [6.45, 7) is 4.11. The van der Waals surface area contributed by atoms with Gasteiger partial charge in [-0.3, -0.25) is 9.59 Å². The molecular weight excluding hydrogens is 238 g/mol. The highest BCUT2D eigenvalue weighted by Crippen LogP contribution is 1.81. The van der Waals surface area contributed by atoms with Crippen molar-refractivity contribution >= 4 is 17.8 Å². The van der Waals surface area contributed by atoms with Gasteiger partial charge >= 0.3 is 5.97 Å². The summed E-state index contributed by atoms with van der Waals surface area (Å²) in [5.41, 5.74) is 5.19. The number of ether oxygens (including phenoxy) is 1. The van der Waals surface area contributed by atoms with E-state index in [2.05, 4.69) is 21.9 Å². The molecule has 0 aliphatic heterocycles. The van der Waals surface area contributed by atoms with Crippen LogP contribution in [0.3, 0.4) is 0 Å². The van der Waals surface area contributed by atoms with Crippen LogP contribution in [0.25, 0.3) is 0 Å². The molecule has 0 saturated carbocycles. The van der Waals surface area contributed by atoms with E-state index >= 15 is 0 Å². The van der Waals surface area contributed by atoms with Crippen LogP contribution in [0.5, 0.6) is 0 Å². The van der Waals surface area contributed by atoms with E-state index < -0.39 is 5.97 Å². The predicted octanol–water partition coefficient (Wildman–Crippen LogP) is -1.31. The molecule has 0 spiro atoms. The van der Waals surface area contributed by atoms with Gasteiger partial charge in [-0.25, -0.2) is 4.79 Å². The van der Waals surface area contributed by atoms with Crippen LogP contribution in [0.4, 0.5) is 0 Å². The third-order valence-corrected chi connectivity index (χ3v) is 1.88. The minimum atomic E-state index is -0.529. The standard InChI is InChI=1S/C11H19N3O4/c1-2-11(17)18-8-7-14-10(16)4-6-13-9(15)3-5-12/h2H,1,3-8,12H2,(H,13,15)(H,14,16). The van der Waals surface area contributed by atoms with Gasteiger partial charge in [0.25, 0.3) is 0 Å². The molecule has 0 radical (unpaired) electrons. The largest absolute Gasteiger partial charge is 0.461 e. The first-order valence-corrected chi connectivity index (χ1v) is 5.62. The molecule has 0 fully saturated rings. The van der Waals surface area contributed by atoms with E-state index in [1.54, 1.807) is 0 Å². The van der Waals surface area contributed by atoms with Crippen molar-refractivity contribution in [1.82, 2.24) is 10.6 Å². The summed E-state index contributed by atoms with van der Waals surface area (Å²) in [5, 5.41) is 5.10. The monoisotopic (exact) mass is 257 g/mol. The molecule has 0 aliphatic carbocycles. The Hall–Kier alpha value is -1.89. The summed E-state index contributed by atoms with van der Waals surface area (Å²) in [4.78, 5) is 32.9. The summed E-state index contributed by atoms with van der Waals surface area (Å²) >= 11 is 0. The number of carbonyl (C=O) groups is 3. The van der Waals surface area contributed by atoms with Gasteiger partial charge in [-0.2, -0.15) is 0 Å². The Morgan fingerprint density at radius 2 is 1.72 bits per heavy atom. The topological polar surface area (TPSA) is 111 Å². The van der Waals surface area contributed by atoms with Gasteiger partial charge < -0.3 is 21.1 Å². The van der Waals surface area contributed by atoms with Gasteiger partial charge in [0.05, 0.1) is 6.54 Å². The van der Waals surface area contributed by atoms with Gasteiger partial charge in [-0.1, -0.05) is 6.58 Å². The quantitative estimate of drug-likeness (QED) is 0.270. The molecule has 0 aliphatic rings. The second-order valence-electron chi connectivity index (χ2n) is 3.36. The first-order valence-electron chi connectivity index (χ1n) is 5.62. The average molecular weight is 257 g/mol. The number of nitrogens with two attached hydrogens (primary N) is 1. The lowest BCUT2D eigenvalue weighted by Gasteiger charge is -2.06. The van der Waals surface area contributed by atoms with Crippen molar-refractivity contribution in [3.05, 3.63) is 12.7 Å². The lowest BCUT2D eigenvalue weighted by molar-refractivity contribution is -0.138. The van der Waals surface area contributed by atoms with Gasteiger partial charge in [0, 0.05) is 32.0 Å². The van der Waals surface area contributed by atoms with E-state index in [-0.39, 0.29) is 50.9 Å². The molecule has 0 atom stereocenters. The highest BCUT2D eigenvalue weighted by molar-refractivity contribution is 5.81. The molecule has 2 amide bonds. The second-order valence-corrected chi connectivity index (χ2v) is 3.36. The Morgan fingerprint density at radius 3 is 2.33 bits per heavy atom. The minimum Gasteiger partial charge on any atom is -0.461 e. The average Bonchev–Trinajstić information content (AvgIpc) is 2.34. The van der Waals surface area contributed by atoms with Crippen molar-refractivity contribution in [1.29, 1.82) is 0 Å². The van der Waals surface area contributed by atoms with Crippen molar-refractivity contribution in [3.8, 4) is 0 Å². The van der Waals surface area contributed by atoms with E-state index in [0.29, 0.717) is 0 Å². The Labute approximate surface area is 106 Å². The summed E-state index contributed by atoms with van der Waals surface area (Å²) in [6.07, 6.45) is 1.47. The van der Waals surface area contributed by atoms with Gasteiger partial charge in [-0.05, 0) is 0 Å². The Bertz CT molecular complexity index is 305. The molecular formula is C11H19N3O4. The number of rotatable bonds is 9. The molecule has 7 nitrogen and oxygen atoms in total. The van der Waals surface area contributed by atoms with Gasteiger partial charge in [0.2, 0.25) is 11.8 Å². The van der Waals surface area contributed by atoms with Crippen LogP contribution >= 0.6 is 0 Å². The van der Waals surface area contributed by atoms with E-state index in [1.165, 1.54) is 0 Å². The molecule has 102 valence electrons. The number of nitrogens with one attached hydrogen (secondary N) is 2. The van der Waals surface area contributed by atoms with Crippen molar-refractivity contribution in [2.75, 3.05) is 26.2 Å². The third kappa shape index (κ3) is 9.34. The molecule has 0 heterocycles. The number of hydrogen-bond donors (Lipinski definition) is 3. The van der Waals surface area contributed by atoms with Crippen LogP contribution in [0, 0.1) is 0 Å². The van der Waals surface area contributed by atoms with E-state index in [9.17, 15) is 14.4 Å². The van der Waals surface area contributed by atoms with E-state index in [0.717, 1.165) is 6.08 Å². The molecule has 0 unspecified atom stereocenters. The van der Waals surface area contributed by atoms with Crippen LogP contribution in [-0.4, -0.2) is 44.0 Å². The molecule has 0 aromatic carbocycles. The Morgan fingerprint density at radius 1 is 1.11 bits per heavy atom. The molecule has 0 aromatic rings. The number of carbonyl (C=O) groups excluding carboxylic acids is 3. The molecule has 4 N–H and O–H groups in total. The Kier molecular flexibility index (Phi) is 9.20. The normalized spacial score (nSPS) is 9.39. The molecule has 0 aromatic heterocycles. The zero-order chi connectivity index (χ0) is 13.8. The molecule has 7 heteroatoms. The highest BCUT2D eigenvalue weighted by Gasteiger charge is 2.03. The highest BCUT2D eigenvalue weighted by atomic mass is 16.5. The van der Waals surface area contributed by atoms with Gasteiger partial charge in [0.15, 0.2) is 0 Å². The second kappa shape index (κ2) is 10.3. The van der Waals surface area contributed by atoms with Crippen LogP contribution < -0.4 is 16.4 Å². The van der Waals surface area contributed by atoms with Crippen LogP contribution in [0.2, 0.25) is 0 Å². The minimum absolute atomic E-state index is 0.0934. The third-order valence-electron chi connectivity index (χ3n) is 1.88. The van der Waals surface area contributed by atoms with Gasteiger partial charge in [-0.15, -0.1) is 0 Å². The number of esters is 1. The van der Waals surface area contributed by atoms with Crippen molar-refractivity contribution in [2.45, 2.75) is 12.8 Å². The van der Waals surface area contributed by atoms with Crippen molar-refractivity contribution in [2.24, 2.45) is 5.73 Å². The fraction of sp³-hybridized carbons (Fsp3) is 0.545. The summed E-state index contributed by atoms with van der Waals surface area (Å²) in [7, 11) is 0. The predicted molar refractivity (Wildman–Crippen MR) is 65.5 cm³/mol. The molecule has 18 heavy (non-hydrogen) atoms. The lowest BCUT2D eigenvalue weighted by Crippen LogP contribution is -2.33. The summed E-state index contributed by atoms with van der Waals surface area (Å²) in [5.74, 6) is -0.929.